The van der Waals surface area contributed by atoms with Crippen LogP contribution in [0, 0.1) is 19.3 Å². The van der Waals surface area contributed by atoms with E-state index in [9.17, 15) is 19.5 Å². The summed E-state index contributed by atoms with van der Waals surface area (Å²) in [6.07, 6.45) is 5.14. The zero-order valence-corrected chi connectivity index (χ0v) is 23.4. The lowest BCUT2D eigenvalue weighted by molar-refractivity contribution is -0.144. The minimum atomic E-state index is -1.35. The Balaban J connectivity index is 2.57. The molecule has 3 unspecified atom stereocenters. The highest BCUT2D eigenvalue weighted by molar-refractivity contribution is 6.34. The molecule has 0 aliphatic carbocycles. The Morgan fingerprint density at radius 2 is 1.79 bits per heavy atom. The van der Waals surface area contributed by atoms with E-state index in [-0.39, 0.29) is 0 Å². The molecule has 0 fully saturated rings. The molecular weight excluding hydrogens is 506 g/mol. The molecule has 2 rings (SSSR count). The third-order valence-corrected chi connectivity index (χ3v) is 6.20. The first-order valence-electron chi connectivity index (χ1n) is 12.4. The van der Waals surface area contributed by atoms with Crippen molar-refractivity contribution in [1.82, 2.24) is 10.2 Å². The molecule has 0 spiro atoms. The summed E-state index contributed by atoms with van der Waals surface area (Å²) in [5.74, 6) is 1.37. The highest BCUT2D eigenvalue weighted by atomic mass is 35.5. The monoisotopic (exact) mass is 541 g/mol. The highest BCUT2D eigenvalue weighted by Gasteiger charge is 2.38. The number of terminal acetylenes is 1. The molecule has 3 amide bonds. The van der Waals surface area contributed by atoms with Crippen molar-refractivity contribution in [2.45, 2.75) is 71.7 Å². The van der Waals surface area contributed by atoms with Gasteiger partial charge in [-0.25, -0.2) is 4.79 Å². The molecule has 2 aromatic carbocycles. The van der Waals surface area contributed by atoms with Crippen molar-refractivity contribution in [3.63, 3.8) is 0 Å². The zero-order chi connectivity index (χ0) is 28.6. The van der Waals surface area contributed by atoms with Crippen LogP contribution in [0.1, 0.15) is 63.8 Å². The number of aliphatic hydroxyl groups is 1. The molecule has 0 radical (unpaired) electrons. The number of nitrogens with zero attached hydrogens (tertiary/aromatic N) is 1. The Morgan fingerprint density at radius 3 is 2.29 bits per heavy atom. The molecule has 0 aliphatic rings. The van der Waals surface area contributed by atoms with Crippen molar-refractivity contribution in [2.75, 3.05) is 11.9 Å². The van der Waals surface area contributed by atoms with Crippen molar-refractivity contribution < 1.29 is 24.2 Å². The number of para-hydroxylation sites is 1. The second-order valence-corrected chi connectivity index (χ2v) is 10.4. The summed E-state index contributed by atoms with van der Waals surface area (Å²) in [5, 5.41) is 15.7. The number of hydrogen-bond acceptors (Lipinski definition) is 5. The van der Waals surface area contributed by atoms with Gasteiger partial charge in [0.2, 0.25) is 5.91 Å². The summed E-state index contributed by atoms with van der Waals surface area (Å²) < 4.78 is 5.27. The van der Waals surface area contributed by atoms with Gasteiger partial charge in [0, 0.05) is 11.6 Å². The molecule has 0 aromatic heterocycles. The number of alkyl carbamates (subject to hydrolysis) is 1. The second kappa shape index (κ2) is 13.3. The molecular formula is C29H36ClN3O5. The number of carbonyl (C=O) groups is 3. The molecule has 9 heteroatoms. The maximum absolute atomic E-state index is 13.9. The van der Waals surface area contributed by atoms with Crippen LogP contribution in [-0.4, -0.2) is 52.2 Å². The maximum atomic E-state index is 13.9. The van der Waals surface area contributed by atoms with Crippen LogP contribution in [-0.2, 0) is 14.3 Å². The Bertz CT molecular complexity index is 1160. The summed E-state index contributed by atoms with van der Waals surface area (Å²) in [5.41, 5.74) is 1.46. The SMILES string of the molecule is C#Cc1ccc(C(C(=O)Nc2c(C)cccc2Cl)N(C(=O)C(CO)NC(=O)OC(C)(C)C)C(C)CC)cc1. The fraction of sp³-hybridized carbons (Fsp3) is 0.414. The van der Waals surface area contributed by atoms with E-state index in [4.69, 9.17) is 22.8 Å². The van der Waals surface area contributed by atoms with Gasteiger partial charge >= 0.3 is 6.09 Å². The lowest BCUT2D eigenvalue weighted by Crippen LogP contribution is -2.56. The van der Waals surface area contributed by atoms with Crippen molar-refractivity contribution in [3.8, 4) is 12.3 Å². The Hall–Kier alpha value is -3.54. The molecule has 0 aliphatic heterocycles. The summed E-state index contributed by atoms with van der Waals surface area (Å²) in [6.45, 7) is 9.83. The molecule has 0 saturated carbocycles. The van der Waals surface area contributed by atoms with Crippen LogP contribution in [0.25, 0.3) is 0 Å². The number of benzene rings is 2. The number of amides is 3. The Kier molecular flexibility index (Phi) is 10.7. The average molecular weight is 542 g/mol. The summed E-state index contributed by atoms with van der Waals surface area (Å²) in [4.78, 5) is 41.5. The first kappa shape index (κ1) is 30.7. The molecule has 8 nitrogen and oxygen atoms in total. The predicted molar refractivity (Wildman–Crippen MR) is 149 cm³/mol. The standard InChI is InChI=1S/C29H36ClN3O5/c1-8-19(4)33(27(36)23(17-34)31-28(37)38-29(5,6)7)25(21-15-13-20(9-2)14-16-21)26(35)32-24-18(3)11-10-12-22(24)30/h2,10-16,19,23,25,34H,8,17H2,1,3-7H3,(H,31,37)(H,32,35). The molecule has 3 atom stereocenters. The number of nitrogens with one attached hydrogen (secondary N) is 2. The fourth-order valence-electron chi connectivity index (χ4n) is 3.79. The fourth-order valence-corrected chi connectivity index (χ4v) is 4.06. The quantitative estimate of drug-likeness (QED) is 0.394. The van der Waals surface area contributed by atoms with E-state index in [0.717, 1.165) is 5.56 Å². The van der Waals surface area contributed by atoms with E-state index < -0.39 is 48.2 Å². The van der Waals surface area contributed by atoms with E-state index in [1.807, 2.05) is 19.9 Å². The van der Waals surface area contributed by atoms with Crippen molar-refractivity contribution in [1.29, 1.82) is 0 Å². The van der Waals surface area contributed by atoms with Gasteiger partial charge in [-0.2, -0.15) is 0 Å². The minimum Gasteiger partial charge on any atom is -0.444 e. The number of halogens is 1. The largest absolute Gasteiger partial charge is 0.444 e. The van der Waals surface area contributed by atoms with Crippen LogP contribution < -0.4 is 10.6 Å². The van der Waals surface area contributed by atoms with Gasteiger partial charge in [-0.3, -0.25) is 9.59 Å². The van der Waals surface area contributed by atoms with Crippen LogP contribution in [0.5, 0.6) is 0 Å². The van der Waals surface area contributed by atoms with Gasteiger partial charge in [-0.05, 0) is 70.4 Å². The molecule has 0 saturated heterocycles. The maximum Gasteiger partial charge on any atom is 0.408 e. The number of rotatable bonds is 9. The van der Waals surface area contributed by atoms with Gasteiger partial charge < -0.3 is 25.4 Å². The molecule has 0 heterocycles. The van der Waals surface area contributed by atoms with Crippen LogP contribution >= 0.6 is 11.6 Å². The van der Waals surface area contributed by atoms with Gasteiger partial charge in [0.15, 0.2) is 0 Å². The second-order valence-electron chi connectivity index (χ2n) is 9.97. The topological polar surface area (TPSA) is 108 Å². The van der Waals surface area contributed by atoms with E-state index in [1.165, 1.54) is 4.90 Å². The number of hydrogen-bond donors (Lipinski definition) is 3. The van der Waals surface area contributed by atoms with E-state index >= 15 is 0 Å². The third kappa shape index (κ3) is 7.98. The predicted octanol–water partition coefficient (Wildman–Crippen LogP) is 4.82. The number of carbonyl (C=O) groups excluding carboxylic acids is 3. The zero-order valence-electron chi connectivity index (χ0n) is 22.7. The Morgan fingerprint density at radius 1 is 1.16 bits per heavy atom. The van der Waals surface area contributed by atoms with Gasteiger partial charge in [-0.15, -0.1) is 6.42 Å². The van der Waals surface area contributed by atoms with Gasteiger partial charge in [0.05, 0.1) is 17.3 Å². The molecule has 2 aromatic rings. The smallest absolute Gasteiger partial charge is 0.408 e. The van der Waals surface area contributed by atoms with Crippen molar-refractivity contribution in [2.24, 2.45) is 0 Å². The number of ether oxygens (including phenoxy) is 1. The normalized spacial score (nSPS) is 13.4. The van der Waals surface area contributed by atoms with Crippen LogP contribution in [0.3, 0.4) is 0 Å². The number of aryl methyl sites for hydroxylation is 1. The van der Waals surface area contributed by atoms with Crippen molar-refractivity contribution in [3.05, 3.63) is 64.2 Å². The summed E-state index contributed by atoms with van der Waals surface area (Å²) in [6, 6.07) is 9.02. The highest BCUT2D eigenvalue weighted by Crippen LogP contribution is 2.31. The molecule has 204 valence electrons. The van der Waals surface area contributed by atoms with Gasteiger partial charge in [0.1, 0.15) is 17.7 Å². The van der Waals surface area contributed by atoms with Gasteiger partial charge in [0.25, 0.3) is 5.91 Å². The third-order valence-electron chi connectivity index (χ3n) is 5.88. The summed E-state index contributed by atoms with van der Waals surface area (Å²) >= 11 is 6.37. The molecule has 38 heavy (non-hydrogen) atoms. The number of aliphatic hydroxyl groups excluding tert-OH is 1. The Labute approximate surface area is 229 Å². The van der Waals surface area contributed by atoms with Gasteiger partial charge in [-0.1, -0.05) is 48.7 Å². The average Bonchev–Trinajstić information content (AvgIpc) is 2.86. The lowest BCUT2D eigenvalue weighted by atomic mass is 9.98. The molecule has 3 N–H and O–H groups in total. The van der Waals surface area contributed by atoms with Crippen LogP contribution in [0.4, 0.5) is 10.5 Å². The van der Waals surface area contributed by atoms with E-state index in [1.54, 1.807) is 64.1 Å². The first-order valence-corrected chi connectivity index (χ1v) is 12.8. The summed E-state index contributed by atoms with van der Waals surface area (Å²) in [7, 11) is 0. The van der Waals surface area contributed by atoms with Crippen LogP contribution in [0.15, 0.2) is 42.5 Å². The molecule has 0 bridgehead atoms. The van der Waals surface area contributed by atoms with E-state index in [0.29, 0.717) is 28.3 Å². The lowest BCUT2D eigenvalue weighted by Gasteiger charge is -2.38. The van der Waals surface area contributed by atoms with E-state index in [2.05, 4.69) is 16.6 Å². The van der Waals surface area contributed by atoms with Crippen molar-refractivity contribution >= 4 is 35.2 Å². The van der Waals surface area contributed by atoms with Crippen LogP contribution in [0.2, 0.25) is 5.02 Å². The number of anilines is 1. The first-order chi connectivity index (χ1) is 17.8. The minimum absolute atomic E-state index is 0.348.